The van der Waals surface area contributed by atoms with Crippen LogP contribution in [0.4, 0.5) is 5.82 Å². The van der Waals surface area contributed by atoms with Crippen molar-refractivity contribution < 1.29 is 4.74 Å². The van der Waals surface area contributed by atoms with Crippen LogP contribution in [-0.4, -0.2) is 39.2 Å². The standard InChI is InChI=1S/C17H21N5O2/c23-16-1-5-18-12-22(16)9-13-2-6-21(7-3-13)17-14-10-24-8-4-15(14)19-11-20-17/h1,5,11-13H,2-4,6-10H2. The molecule has 7 heteroatoms. The number of aromatic nitrogens is 4. The fourth-order valence-corrected chi connectivity index (χ4v) is 3.54. The van der Waals surface area contributed by atoms with Gasteiger partial charge in [-0.05, 0) is 18.8 Å². The Morgan fingerprint density at radius 2 is 2.12 bits per heavy atom. The van der Waals surface area contributed by atoms with Gasteiger partial charge in [-0.15, -0.1) is 0 Å². The first-order valence-electron chi connectivity index (χ1n) is 8.47. The molecule has 0 N–H and O–H groups in total. The lowest BCUT2D eigenvalue weighted by Crippen LogP contribution is -2.37. The quantitative estimate of drug-likeness (QED) is 0.838. The van der Waals surface area contributed by atoms with Crippen LogP contribution in [0.2, 0.25) is 0 Å². The van der Waals surface area contributed by atoms with Crippen molar-refractivity contribution in [3.63, 3.8) is 0 Å². The van der Waals surface area contributed by atoms with E-state index in [2.05, 4.69) is 19.9 Å². The van der Waals surface area contributed by atoms with Crippen LogP contribution in [0, 0.1) is 5.92 Å². The summed E-state index contributed by atoms with van der Waals surface area (Å²) in [4.78, 5) is 27.1. The number of ether oxygens (including phenoxy) is 1. The van der Waals surface area contributed by atoms with Gasteiger partial charge in [0.1, 0.15) is 12.1 Å². The Kier molecular flexibility index (Phi) is 4.25. The Morgan fingerprint density at radius 1 is 1.25 bits per heavy atom. The molecule has 0 saturated carbocycles. The van der Waals surface area contributed by atoms with Crippen LogP contribution in [0.1, 0.15) is 24.1 Å². The highest BCUT2D eigenvalue weighted by atomic mass is 16.5. The van der Waals surface area contributed by atoms with Crippen LogP contribution in [0.25, 0.3) is 0 Å². The number of rotatable bonds is 3. The van der Waals surface area contributed by atoms with Crippen LogP contribution >= 0.6 is 0 Å². The third-order valence-electron chi connectivity index (χ3n) is 4.90. The van der Waals surface area contributed by atoms with Gasteiger partial charge in [0.15, 0.2) is 0 Å². The van der Waals surface area contributed by atoms with Crippen molar-refractivity contribution in [2.45, 2.75) is 32.4 Å². The second kappa shape index (κ2) is 6.68. The number of piperidine rings is 1. The Balaban J connectivity index is 1.43. The lowest BCUT2D eigenvalue weighted by molar-refractivity contribution is 0.109. The van der Waals surface area contributed by atoms with Gasteiger partial charge in [-0.25, -0.2) is 15.0 Å². The van der Waals surface area contributed by atoms with Crippen molar-refractivity contribution >= 4 is 5.82 Å². The number of fused-ring (bicyclic) bond motifs is 1. The van der Waals surface area contributed by atoms with Crippen molar-refractivity contribution in [1.82, 2.24) is 19.5 Å². The Hall–Kier alpha value is -2.28. The van der Waals surface area contributed by atoms with Crippen molar-refractivity contribution in [3.8, 4) is 0 Å². The van der Waals surface area contributed by atoms with Crippen molar-refractivity contribution in [2.75, 3.05) is 24.6 Å². The van der Waals surface area contributed by atoms with E-state index in [4.69, 9.17) is 4.74 Å². The van der Waals surface area contributed by atoms with Gasteiger partial charge in [0.25, 0.3) is 5.56 Å². The molecule has 0 aliphatic carbocycles. The Labute approximate surface area is 140 Å². The number of nitrogens with zero attached hydrogens (tertiary/aromatic N) is 5. The van der Waals surface area contributed by atoms with E-state index in [1.807, 2.05) is 0 Å². The van der Waals surface area contributed by atoms with Crippen LogP contribution in [-0.2, 0) is 24.3 Å². The second-order valence-electron chi connectivity index (χ2n) is 6.43. The van der Waals surface area contributed by atoms with Gasteiger partial charge in [-0.3, -0.25) is 9.36 Å². The van der Waals surface area contributed by atoms with E-state index in [0.717, 1.165) is 62.6 Å². The molecule has 0 amide bonds. The minimum Gasteiger partial charge on any atom is -0.376 e. The molecule has 2 aromatic rings. The summed E-state index contributed by atoms with van der Waals surface area (Å²) in [5.41, 5.74) is 2.29. The van der Waals surface area contributed by atoms with E-state index in [1.165, 1.54) is 6.07 Å². The molecular formula is C17H21N5O2. The van der Waals surface area contributed by atoms with Gasteiger partial charge in [0.2, 0.25) is 0 Å². The smallest absolute Gasteiger partial charge is 0.253 e. The SMILES string of the molecule is O=c1ccncn1CC1CCN(c2ncnc3c2COCC3)CC1. The van der Waals surface area contributed by atoms with Crippen LogP contribution in [0.5, 0.6) is 0 Å². The molecule has 2 aliphatic rings. The maximum Gasteiger partial charge on any atom is 0.253 e. The van der Waals surface area contributed by atoms with Crippen molar-refractivity contribution in [2.24, 2.45) is 5.92 Å². The molecular weight excluding hydrogens is 306 g/mol. The highest BCUT2D eigenvalue weighted by Crippen LogP contribution is 2.28. The van der Waals surface area contributed by atoms with E-state index >= 15 is 0 Å². The van der Waals surface area contributed by atoms with Crippen LogP contribution in [0.3, 0.4) is 0 Å². The first kappa shape index (κ1) is 15.3. The second-order valence-corrected chi connectivity index (χ2v) is 6.43. The third-order valence-corrected chi connectivity index (χ3v) is 4.90. The molecule has 7 nitrogen and oxygen atoms in total. The summed E-state index contributed by atoms with van der Waals surface area (Å²) < 4.78 is 7.30. The summed E-state index contributed by atoms with van der Waals surface area (Å²) in [7, 11) is 0. The summed E-state index contributed by atoms with van der Waals surface area (Å²) >= 11 is 0. The molecule has 126 valence electrons. The lowest BCUT2D eigenvalue weighted by atomic mass is 9.96. The van der Waals surface area contributed by atoms with Crippen LogP contribution in [0.15, 0.2) is 29.7 Å². The maximum absolute atomic E-state index is 11.8. The number of hydrogen-bond acceptors (Lipinski definition) is 6. The van der Waals surface area contributed by atoms with Gasteiger partial charge in [0.05, 0.1) is 25.2 Å². The molecule has 0 bridgehead atoms. The molecule has 1 fully saturated rings. The fourth-order valence-electron chi connectivity index (χ4n) is 3.54. The zero-order valence-corrected chi connectivity index (χ0v) is 13.6. The molecule has 4 rings (SSSR count). The van der Waals surface area contributed by atoms with E-state index in [0.29, 0.717) is 12.5 Å². The first-order chi connectivity index (χ1) is 11.8. The predicted octanol–water partition coefficient (Wildman–Crippen LogP) is 1.02. The van der Waals surface area contributed by atoms with E-state index in [9.17, 15) is 4.79 Å². The Bertz CT molecular complexity index is 768. The average Bonchev–Trinajstić information content (AvgIpc) is 2.64. The highest BCUT2D eigenvalue weighted by Gasteiger charge is 2.25. The first-order valence-corrected chi connectivity index (χ1v) is 8.47. The highest BCUT2D eigenvalue weighted by molar-refractivity contribution is 5.49. The molecule has 4 heterocycles. The summed E-state index contributed by atoms with van der Waals surface area (Å²) in [6, 6.07) is 1.52. The van der Waals surface area contributed by atoms with E-state index in [-0.39, 0.29) is 5.56 Å². The maximum atomic E-state index is 11.8. The summed E-state index contributed by atoms with van der Waals surface area (Å²) in [5, 5.41) is 0. The molecule has 24 heavy (non-hydrogen) atoms. The summed E-state index contributed by atoms with van der Waals surface area (Å²) in [6.07, 6.45) is 7.79. The van der Waals surface area contributed by atoms with Gasteiger partial charge in [-0.1, -0.05) is 0 Å². The van der Waals surface area contributed by atoms with Crippen molar-refractivity contribution in [1.29, 1.82) is 0 Å². The number of anilines is 1. The lowest BCUT2D eigenvalue weighted by Gasteiger charge is -2.34. The van der Waals surface area contributed by atoms with Gasteiger partial charge in [0, 0.05) is 43.9 Å². The Morgan fingerprint density at radius 3 is 2.96 bits per heavy atom. The average molecular weight is 327 g/mol. The van der Waals surface area contributed by atoms with Gasteiger partial charge < -0.3 is 9.64 Å². The molecule has 1 saturated heterocycles. The molecule has 2 aliphatic heterocycles. The van der Waals surface area contributed by atoms with E-state index < -0.39 is 0 Å². The van der Waals surface area contributed by atoms with Crippen molar-refractivity contribution in [3.05, 3.63) is 46.5 Å². The molecule has 0 spiro atoms. The zero-order valence-electron chi connectivity index (χ0n) is 13.6. The molecule has 0 atom stereocenters. The normalized spacial score (nSPS) is 18.4. The predicted molar refractivity (Wildman–Crippen MR) is 88.8 cm³/mol. The molecule has 0 aromatic carbocycles. The fraction of sp³-hybridized carbons (Fsp3) is 0.529. The van der Waals surface area contributed by atoms with Gasteiger partial charge in [-0.2, -0.15) is 0 Å². The zero-order chi connectivity index (χ0) is 16.4. The monoisotopic (exact) mass is 327 g/mol. The minimum atomic E-state index is 0.0226. The molecule has 0 radical (unpaired) electrons. The largest absolute Gasteiger partial charge is 0.376 e. The molecule has 0 unspecified atom stereocenters. The minimum absolute atomic E-state index is 0.0226. The summed E-state index contributed by atoms with van der Waals surface area (Å²) in [5.74, 6) is 1.52. The van der Waals surface area contributed by atoms with Gasteiger partial charge >= 0.3 is 0 Å². The topological polar surface area (TPSA) is 73.1 Å². The number of hydrogen-bond donors (Lipinski definition) is 0. The molecule has 2 aromatic heterocycles. The summed E-state index contributed by atoms with van der Waals surface area (Å²) in [6.45, 7) is 3.99. The van der Waals surface area contributed by atoms with E-state index in [1.54, 1.807) is 23.4 Å². The van der Waals surface area contributed by atoms with Crippen LogP contribution < -0.4 is 10.5 Å². The third kappa shape index (κ3) is 3.03.